The van der Waals surface area contributed by atoms with Crippen LogP contribution >= 0.6 is 11.6 Å². The molecule has 0 saturated carbocycles. The van der Waals surface area contributed by atoms with Gasteiger partial charge in [0.1, 0.15) is 5.75 Å². The number of ether oxygens (including phenoxy) is 1. The molecule has 1 atom stereocenters. The zero-order valence-electron chi connectivity index (χ0n) is 10.4. The van der Waals surface area contributed by atoms with Gasteiger partial charge in [-0.2, -0.15) is 4.98 Å². The van der Waals surface area contributed by atoms with Crippen molar-refractivity contribution >= 4 is 11.6 Å². The minimum Gasteiger partial charge on any atom is -0.497 e. The fourth-order valence-electron chi connectivity index (χ4n) is 1.61. The molecule has 18 heavy (non-hydrogen) atoms. The average Bonchev–Trinajstić information content (AvgIpc) is 2.86. The van der Waals surface area contributed by atoms with E-state index in [9.17, 15) is 0 Å². The lowest BCUT2D eigenvalue weighted by Gasteiger charge is -2.01. The van der Waals surface area contributed by atoms with E-state index in [2.05, 4.69) is 10.1 Å². The van der Waals surface area contributed by atoms with Crippen LogP contribution in [-0.4, -0.2) is 17.3 Å². The highest BCUT2D eigenvalue weighted by Gasteiger charge is 2.14. The first-order chi connectivity index (χ1) is 8.72. The number of nitrogens with zero attached hydrogens (tertiary/aromatic N) is 2. The van der Waals surface area contributed by atoms with E-state index in [0.717, 1.165) is 17.7 Å². The van der Waals surface area contributed by atoms with Crippen LogP contribution < -0.4 is 4.74 Å². The molecule has 0 aliphatic heterocycles. The Bertz CT molecular complexity index is 513. The van der Waals surface area contributed by atoms with E-state index in [1.165, 1.54) is 0 Å². The summed E-state index contributed by atoms with van der Waals surface area (Å²) in [7, 11) is 1.64. The topological polar surface area (TPSA) is 48.2 Å². The van der Waals surface area contributed by atoms with Gasteiger partial charge in [0.2, 0.25) is 5.89 Å². The highest BCUT2D eigenvalue weighted by Crippen LogP contribution is 2.21. The molecular formula is C13H15ClN2O2. The Labute approximate surface area is 111 Å². The Morgan fingerprint density at radius 2 is 2.28 bits per heavy atom. The number of hydrogen-bond acceptors (Lipinski definition) is 4. The van der Waals surface area contributed by atoms with Crippen LogP contribution in [0, 0.1) is 0 Å². The third-order valence-electron chi connectivity index (χ3n) is 2.61. The molecule has 1 unspecified atom stereocenters. The summed E-state index contributed by atoms with van der Waals surface area (Å²) in [4.78, 5) is 4.28. The number of benzene rings is 1. The van der Waals surface area contributed by atoms with Crippen molar-refractivity contribution in [1.82, 2.24) is 10.1 Å². The van der Waals surface area contributed by atoms with Crippen molar-refractivity contribution in [2.75, 3.05) is 7.11 Å². The summed E-state index contributed by atoms with van der Waals surface area (Å²) in [5.41, 5.74) is 1.06. The quantitative estimate of drug-likeness (QED) is 0.779. The number of alkyl halides is 1. The van der Waals surface area contributed by atoms with Crippen molar-refractivity contribution < 1.29 is 9.26 Å². The third-order valence-corrected chi connectivity index (χ3v) is 3.12. The first kappa shape index (κ1) is 12.9. The number of hydrogen-bond donors (Lipinski definition) is 0. The van der Waals surface area contributed by atoms with Crippen molar-refractivity contribution in [2.45, 2.75) is 25.1 Å². The molecule has 96 valence electrons. The zero-order chi connectivity index (χ0) is 13.0. The van der Waals surface area contributed by atoms with Crippen LogP contribution in [0.3, 0.4) is 0 Å². The van der Waals surface area contributed by atoms with Gasteiger partial charge in [-0.15, -0.1) is 11.6 Å². The second kappa shape index (κ2) is 5.87. The molecular weight excluding hydrogens is 252 g/mol. The van der Waals surface area contributed by atoms with Gasteiger partial charge in [0.15, 0.2) is 5.82 Å². The van der Waals surface area contributed by atoms with E-state index in [-0.39, 0.29) is 5.38 Å². The summed E-state index contributed by atoms with van der Waals surface area (Å²) < 4.78 is 10.3. The van der Waals surface area contributed by atoms with Gasteiger partial charge in [-0.25, -0.2) is 0 Å². The Morgan fingerprint density at radius 1 is 1.44 bits per heavy atom. The van der Waals surface area contributed by atoms with Crippen LogP contribution in [0.4, 0.5) is 0 Å². The largest absolute Gasteiger partial charge is 0.497 e. The van der Waals surface area contributed by atoms with E-state index in [1.807, 2.05) is 31.2 Å². The van der Waals surface area contributed by atoms with Gasteiger partial charge >= 0.3 is 0 Å². The monoisotopic (exact) mass is 266 g/mol. The van der Waals surface area contributed by atoms with Crippen LogP contribution in [-0.2, 0) is 6.42 Å². The molecule has 0 fully saturated rings. The molecule has 5 heteroatoms. The maximum atomic E-state index is 6.05. The smallest absolute Gasteiger partial charge is 0.231 e. The van der Waals surface area contributed by atoms with Gasteiger partial charge in [0, 0.05) is 0 Å². The van der Waals surface area contributed by atoms with E-state index >= 15 is 0 Å². The third kappa shape index (κ3) is 3.01. The van der Waals surface area contributed by atoms with E-state index in [0.29, 0.717) is 18.1 Å². The molecule has 0 aliphatic carbocycles. The maximum absolute atomic E-state index is 6.05. The van der Waals surface area contributed by atoms with Crippen molar-refractivity contribution in [3.05, 3.63) is 41.5 Å². The second-order valence-corrected chi connectivity index (χ2v) is 4.48. The standard InChI is InChI=1S/C13H15ClN2O2/c1-3-11(14)13-15-12(18-16-13)8-9-5-4-6-10(7-9)17-2/h4-7,11H,3,8H2,1-2H3. The van der Waals surface area contributed by atoms with Crippen LogP contribution in [0.1, 0.15) is 36.0 Å². The lowest BCUT2D eigenvalue weighted by Crippen LogP contribution is -1.93. The highest BCUT2D eigenvalue weighted by molar-refractivity contribution is 6.20. The van der Waals surface area contributed by atoms with Gasteiger partial charge in [0.25, 0.3) is 0 Å². The van der Waals surface area contributed by atoms with E-state index in [1.54, 1.807) is 7.11 Å². The predicted molar refractivity (Wildman–Crippen MR) is 69.0 cm³/mol. The van der Waals surface area contributed by atoms with Gasteiger partial charge < -0.3 is 9.26 Å². The lowest BCUT2D eigenvalue weighted by atomic mass is 10.1. The summed E-state index contributed by atoms with van der Waals surface area (Å²) >= 11 is 6.05. The fourth-order valence-corrected chi connectivity index (χ4v) is 1.70. The molecule has 2 rings (SSSR count). The van der Waals surface area contributed by atoms with Gasteiger partial charge in [0.05, 0.1) is 18.9 Å². The van der Waals surface area contributed by atoms with Crippen LogP contribution in [0.15, 0.2) is 28.8 Å². The van der Waals surface area contributed by atoms with Crippen LogP contribution in [0.25, 0.3) is 0 Å². The Balaban J connectivity index is 2.11. The molecule has 1 aromatic heterocycles. The molecule has 1 heterocycles. The minimum atomic E-state index is -0.187. The lowest BCUT2D eigenvalue weighted by molar-refractivity contribution is 0.378. The second-order valence-electron chi connectivity index (χ2n) is 3.95. The number of halogens is 1. The molecule has 0 bridgehead atoms. The van der Waals surface area contributed by atoms with Gasteiger partial charge in [-0.05, 0) is 24.1 Å². The molecule has 0 N–H and O–H groups in total. The fraction of sp³-hybridized carbons (Fsp3) is 0.385. The van der Waals surface area contributed by atoms with Gasteiger partial charge in [-0.1, -0.05) is 24.2 Å². The number of rotatable bonds is 5. The number of methoxy groups -OCH3 is 1. The van der Waals surface area contributed by atoms with Gasteiger partial charge in [-0.3, -0.25) is 0 Å². The molecule has 0 spiro atoms. The average molecular weight is 267 g/mol. The molecule has 0 radical (unpaired) electrons. The normalized spacial score (nSPS) is 12.4. The van der Waals surface area contributed by atoms with E-state index < -0.39 is 0 Å². The van der Waals surface area contributed by atoms with Crippen molar-refractivity contribution in [1.29, 1.82) is 0 Å². The first-order valence-corrected chi connectivity index (χ1v) is 6.26. The van der Waals surface area contributed by atoms with Crippen LogP contribution in [0.5, 0.6) is 5.75 Å². The number of aromatic nitrogens is 2. The molecule has 4 nitrogen and oxygen atoms in total. The Morgan fingerprint density at radius 3 is 3.00 bits per heavy atom. The summed E-state index contributed by atoms with van der Waals surface area (Å²) in [6, 6.07) is 7.77. The Hall–Kier alpha value is -1.55. The van der Waals surface area contributed by atoms with Crippen molar-refractivity contribution in [3.63, 3.8) is 0 Å². The highest BCUT2D eigenvalue weighted by atomic mass is 35.5. The summed E-state index contributed by atoms with van der Waals surface area (Å²) in [6.45, 7) is 1.98. The summed E-state index contributed by atoms with van der Waals surface area (Å²) in [6.07, 6.45) is 1.36. The molecule has 2 aromatic rings. The molecule has 0 saturated heterocycles. The van der Waals surface area contributed by atoms with Crippen LogP contribution in [0.2, 0.25) is 0 Å². The minimum absolute atomic E-state index is 0.187. The molecule has 1 aromatic carbocycles. The predicted octanol–water partition coefficient (Wildman–Crippen LogP) is 3.36. The summed E-state index contributed by atoms with van der Waals surface area (Å²) in [5, 5.41) is 3.69. The van der Waals surface area contributed by atoms with E-state index in [4.69, 9.17) is 20.9 Å². The SMILES string of the molecule is CCC(Cl)c1noc(Cc2cccc(OC)c2)n1. The first-order valence-electron chi connectivity index (χ1n) is 5.82. The molecule has 0 amide bonds. The summed E-state index contributed by atoms with van der Waals surface area (Å²) in [5.74, 6) is 1.94. The van der Waals surface area contributed by atoms with Crippen molar-refractivity contribution in [2.24, 2.45) is 0 Å². The van der Waals surface area contributed by atoms with Crippen molar-refractivity contribution in [3.8, 4) is 5.75 Å². The zero-order valence-corrected chi connectivity index (χ0v) is 11.1. The maximum Gasteiger partial charge on any atom is 0.231 e. The molecule has 0 aliphatic rings. The Kier molecular flexibility index (Phi) is 4.20.